The zero-order valence-corrected chi connectivity index (χ0v) is 19.0. The number of nitrogens with zero attached hydrogens (tertiary/aromatic N) is 4. The van der Waals surface area contributed by atoms with Crippen molar-refractivity contribution in [2.45, 2.75) is 19.1 Å². The number of hydrogen-bond acceptors (Lipinski definition) is 8. The van der Waals surface area contributed by atoms with Gasteiger partial charge in [-0.1, -0.05) is 16.8 Å². The van der Waals surface area contributed by atoms with Crippen molar-refractivity contribution >= 4 is 34.8 Å². The minimum Gasteiger partial charge on any atom is -0.398 e. The summed E-state index contributed by atoms with van der Waals surface area (Å²) in [5.74, 6) is -1.46. The third-order valence-electron chi connectivity index (χ3n) is 4.89. The fourth-order valence-corrected chi connectivity index (χ4v) is 3.37. The predicted molar refractivity (Wildman–Crippen MR) is 121 cm³/mol. The number of nitrogens with one attached hydrogen (secondary N) is 3. The van der Waals surface area contributed by atoms with Crippen LogP contribution in [-0.4, -0.2) is 36.9 Å². The second-order valence-electron chi connectivity index (χ2n) is 7.39. The van der Waals surface area contributed by atoms with E-state index in [2.05, 4.69) is 35.7 Å². The molecule has 0 bridgehead atoms. The summed E-state index contributed by atoms with van der Waals surface area (Å²) >= 11 is 6.29. The van der Waals surface area contributed by atoms with E-state index >= 15 is 0 Å². The number of benzene rings is 1. The summed E-state index contributed by atoms with van der Waals surface area (Å²) in [6.07, 6.45) is -0.473. The third kappa shape index (κ3) is 5.12. The molecule has 3 heterocycles. The number of anilines is 2. The van der Waals surface area contributed by atoms with E-state index in [1.165, 1.54) is 18.3 Å². The lowest BCUT2D eigenvalue weighted by Gasteiger charge is -2.12. The Morgan fingerprint density at radius 2 is 1.94 bits per heavy atom. The van der Waals surface area contributed by atoms with E-state index in [0.29, 0.717) is 11.9 Å². The highest BCUT2D eigenvalue weighted by Gasteiger charge is 2.33. The average molecular weight is 521 g/mol. The summed E-state index contributed by atoms with van der Waals surface area (Å²) in [5.41, 5.74) is 3.92. The molecule has 0 unspecified atom stereocenters. The van der Waals surface area contributed by atoms with Gasteiger partial charge in [0, 0.05) is 29.8 Å². The molecule has 0 spiro atoms. The van der Waals surface area contributed by atoms with Gasteiger partial charge in [0.05, 0.1) is 11.6 Å². The molecule has 0 saturated heterocycles. The summed E-state index contributed by atoms with van der Waals surface area (Å²) in [6, 6.07) is 3.42. The molecule has 0 fully saturated rings. The Morgan fingerprint density at radius 3 is 2.64 bits per heavy atom. The maximum atomic E-state index is 13.1. The van der Waals surface area contributed by atoms with Crippen LogP contribution >= 0.6 is 11.6 Å². The molecular formula is C21H16ClF3N8O3. The van der Waals surface area contributed by atoms with Gasteiger partial charge in [-0.05, 0) is 25.1 Å². The van der Waals surface area contributed by atoms with E-state index in [-0.39, 0.29) is 33.6 Å². The van der Waals surface area contributed by atoms with Gasteiger partial charge < -0.3 is 25.9 Å². The highest BCUT2D eigenvalue weighted by Crippen LogP contribution is 2.35. The Kier molecular flexibility index (Phi) is 6.61. The molecule has 36 heavy (non-hydrogen) atoms. The zero-order chi connectivity index (χ0) is 26.0. The molecule has 1 atom stereocenters. The Bertz CT molecular complexity index is 1420. The number of rotatable bonds is 6. The second-order valence-corrected chi connectivity index (χ2v) is 7.77. The van der Waals surface area contributed by atoms with Crippen LogP contribution < -0.4 is 16.4 Å². The van der Waals surface area contributed by atoms with Gasteiger partial charge in [0.15, 0.2) is 11.5 Å². The average Bonchev–Trinajstić information content (AvgIpc) is 3.52. The van der Waals surface area contributed by atoms with Crippen LogP contribution in [0.5, 0.6) is 0 Å². The monoisotopic (exact) mass is 520 g/mol. The maximum absolute atomic E-state index is 13.1. The van der Waals surface area contributed by atoms with Gasteiger partial charge in [0.25, 0.3) is 11.8 Å². The lowest BCUT2D eigenvalue weighted by atomic mass is 10.1. The van der Waals surface area contributed by atoms with Crippen LogP contribution in [0, 0.1) is 0 Å². The Balaban J connectivity index is 1.45. The lowest BCUT2D eigenvalue weighted by Crippen LogP contribution is -2.28. The first kappa shape index (κ1) is 24.7. The van der Waals surface area contributed by atoms with E-state index in [4.69, 9.17) is 21.9 Å². The van der Waals surface area contributed by atoms with Crippen molar-refractivity contribution in [1.29, 1.82) is 0 Å². The number of alkyl halides is 3. The topological polar surface area (TPSA) is 165 Å². The van der Waals surface area contributed by atoms with Gasteiger partial charge >= 0.3 is 6.18 Å². The number of carbonyl (C=O) groups excluding carboxylic acids is 2. The van der Waals surface area contributed by atoms with Crippen molar-refractivity contribution in [1.82, 2.24) is 30.4 Å². The van der Waals surface area contributed by atoms with Crippen molar-refractivity contribution in [2.24, 2.45) is 0 Å². The van der Waals surface area contributed by atoms with E-state index in [0.717, 1.165) is 12.4 Å². The standard InChI is InChI=1S/C21H16ClF3N8O3/c1-9(31-20(35)17-15(22)16(29-8-30-17)18-27-4-5-28-18)13-7-14(36-33-13)19(34)32-10-2-3-12(26)11(6-10)21(23,24)25/h2-9H,26H2,1H3,(H,27,28)(H,31,35)(H,32,34)/t9-/m1/s1. The fraction of sp³-hybridized carbons (Fsp3) is 0.143. The molecule has 186 valence electrons. The van der Waals surface area contributed by atoms with E-state index in [1.807, 2.05) is 0 Å². The molecule has 3 aromatic heterocycles. The fourth-order valence-electron chi connectivity index (χ4n) is 3.10. The Hall–Kier alpha value is -4.46. The van der Waals surface area contributed by atoms with Crippen molar-refractivity contribution in [3.63, 3.8) is 0 Å². The van der Waals surface area contributed by atoms with Gasteiger partial charge in [-0.25, -0.2) is 15.0 Å². The number of nitrogen functional groups attached to an aromatic ring is 1. The molecule has 0 aliphatic carbocycles. The van der Waals surface area contributed by atoms with Crippen LogP contribution in [0.3, 0.4) is 0 Å². The second kappa shape index (κ2) is 9.65. The highest BCUT2D eigenvalue weighted by atomic mass is 35.5. The van der Waals surface area contributed by atoms with Crippen molar-refractivity contribution in [3.8, 4) is 11.5 Å². The normalized spacial score (nSPS) is 12.2. The van der Waals surface area contributed by atoms with Crippen LogP contribution in [-0.2, 0) is 6.18 Å². The number of imidazole rings is 1. The molecule has 4 rings (SSSR count). The molecule has 2 amide bonds. The number of hydrogen-bond donors (Lipinski definition) is 4. The van der Waals surface area contributed by atoms with Gasteiger partial charge in [0.1, 0.15) is 22.7 Å². The molecule has 11 nitrogen and oxygen atoms in total. The lowest BCUT2D eigenvalue weighted by molar-refractivity contribution is -0.136. The first-order chi connectivity index (χ1) is 17.0. The molecule has 0 saturated carbocycles. The first-order valence-electron chi connectivity index (χ1n) is 10.1. The van der Waals surface area contributed by atoms with Gasteiger partial charge in [-0.3, -0.25) is 9.59 Å². The van der Waals surface area contributed by atoms with Crippen molar-refractivity contribution in [2.75, 3.05) is 11.1 Å². The Morgan fingerprint density at radius 1 is 1.17 bits per heavy atom. The predicted octanol–water partition coefficient (Wildman–Crippen LogP) is 3.85. The Labute approximate surface area is 205 Å². The van der Waals surface area contributed by atoms with Crippen LogP contribution in [0.15, 0.2) is 47.5 Å². The van der Waals surface area contributed by atoms with E-state index in [1.54, 1.807) is 13.1 Å². The maximum Gasteiger partial charge on any atom is 0.418 e. The molecular weight excluding hydrogens is 505 g/mol. The van der Waals surface area contributed by atoms with Gasteiger partial charge in [-0.15, -0.1) is 0 Å². The number of aromatic amines is 1. The molecule has 1 aromatic carbocycles. The number of aromatic nitrogens is 5. The molecule has 0 aliphatic rings. The van der Waals surface area contributed by atoms with Crippen LogP contribution in [0.25, 0.3) is 11.5 Å². The summed E-state index contributed by atoms with van der Waals surface area (Å²) in [7, 11) is 0. The number of amides is 2. The quantitative estimate of drug-likeness (QED) is 0.278. The summed E-state index contributed by atoms with van der Waals surface area (Å²) < 4.78 is 44.1. The summed E-state index contributed by atoms with van der Waals surface area (Å²) in [6.45, 7) is 1.57. The SMILES string of the molecule is C[C@@H](NC(=O)c1ncnc(-c2ncc[nH]2)c1Cl)c1cc(C(=O)Nc2ccc(N)c(C(F)(F)F)c2)on1. The summed E-state index contributed by atoms with van der Waals surface area (Å²) in [4.78, 5) is 40.0. The van der Waals surface area contributed by atoms with Gasteiger partial charge in [-0.2, -0.15) is 13.2 Å². The molecule has 0 aliphatic heterocycles. The molecule has 15 heteroatoms. The van der Waals surface area contributed by atoms with E-state index < -0.39 is 35.3 Å². The minimum atomic E-state index is -4.69. The van der Waals surface area contributed by atoms with Crippen molar-refractivity contribution in [3.05, 3.63) is 70.7 Å². The number of H-pyrrole nitrogens is 1. The first-order valence-corrected chi connectivity index (χ1v) is 10.5. The van der Waals surface area contributed by atoms with Crippen LogP contribution in [0.1, 0.15) is 45.3 Å². The number of carbonyl (C=O) groups is 2. The number of nitrogens with two attached hydrogens (primary N) is 1. The molecule has 0 radical (unpaired) electrons. The largest absolute Gasteiger partial charge is 0.418 e. The third-order valence-corrected chi connectivity index (χ3v) is 5.25. The smallest absolute Gasteiger partial charge is 0.398 e. The van der Waals surface area contributed by atoms with Gasteiger partial charge in [0.2, 0.25) is 5.76 Å². The van der Waals surface area contributed by atoms with Crippen molar-refractivity contribution < 1.29 is 27.3 Å². The van der Waals surface area contributed by atoms with E-state index in [9.17, 15) is 22.8 Å². The summed E-state index contributed by atoms with van der Waals surface area (Å²) in [5, 5.41) is 8.62. The molecule has 4 aromatic rings. The minimum absolute atomic E-state index is 0.0286. The van der Waals surface area contributed by atoms with Crippen LogP contribution in [0.4, 0.5) is 24.5 Å². The number of halogens is 4. The highest BCUT2D eigenvalue weighted by molar-refractivity contribution is 6.35. The molecule has 5 N–H and O–H groups in total. The van der Waals surface area contributed by atoms with Crippen LogP contribution in [0.2, 0.25) is 5.02 Å². The zero-order valence-electron chi connectivity index (χ0n) is 18.2.